The summed E-state index contributed by atoms with van der Waals surface area (Å²) < 4.78 is 58.1. The van der Waals surface area contributed by atoms with Crippen LogP contribution in [0, 0.1) is 5.41 Å². The maximum absolute atomic E-state index is 13.5. The number of rotatable bonds is 5. The van der Waals surface area contributed by atoms with E-state index < -0.39 is 33.5 Å². The summed E-state index contributed by atoms with van der Waals surface area (Å²) in [7, 11) is 1.61. The van der Waals surface area contributed by atoms with Crippen LogP contribution in [0.2, 0.25) is 0 Å². The molecule has 1 unspecified atom stereocenters. The molecule has 7 nitrogen and oxygen atoms in total. The zero-order valence-corrected chi connectivity index (χ0v) is 25.1. The minimum Gasteiger partial charge on any atom is -0.598 e. The zero-order chi connectivity index (χ0) is 29.7. The summed E-state index contributed by atoms with van der Waals surface area (Å²) in [6.07, 6.45) is -1.10. The molecule has 0 saturated carbocycles. The number of halogens is 3. The smallest absolute Gasteiger partial charge is 0.434 e. The molecule has 12 heteroatoms. The molecule has 3 heterocycles. The van der Waals surface area contributed by atoms with Crippen molar-refractivity contribution in [3.8, 4) is 0 Å². The number of hydrogen-bond acceptors (Lipinski definition) is 7. The molecule has 1 aliphatic heterocycles. The fourth-order valence-electron chi connectivity index (χ4n) is 5.79. The van der Waals surface area contributed by atoms with Gasteiger partial charge in [0, 0.05) is 54.1 Å². The van der Waals surface area contributed by atoms with Gasteiger partial charge in [-0.1, -0.05) is 36.0 Å². The molecule has 3 aromatic rings. The number of nitrogens with two attached hydrogens (primary N) is 1. The number of fused-ring (bicyclic) bond motifs is 1. The first-order valence-electron chi connectivity index (χ1n) is 13.4. The molecule has 1 saturated heterocycles. The minimum atomic E-state index is -4.65. The van der Waals surface area contributed by atoms with Crippen molar-refractivity contribution in [1.82, 2.24) is 14.3 Å². The van der Waals surface area contributed by atoms with E-state index in [2.05, 4.69) is 26.7 Å². The summed E-state index contributed by atoms with van der Waals surface area (Å²) in [6.45, 7) is 7.16. The second-order valence-electron chi connectivity index (χ2n) is 11.8. The van der Waals surface area contributed by atoms with E-state index in [1.54, 1.807) is 13.1 Å². The summed E-state index contributed by atoms with van der Waals surface area (Å²) in [5, 5.41) is 0. The van der Waals surface area contributed by atoms with Gasteiger partial charge in [-0.05, 0) is 63.3 Å². The number of nitrogens with one attached hydrogen (secondary N) is 1. The lowest BCUT2D eigenvalue weighted by molar-refractivity contribution is -0.143. The minimum absolute atomic E-state index is 0.0309. The van der Waals surface area contributed by atoms with Gasteiger partial charge in [0.1, 0.15) is 15.5 Å². The molecular weight excluding hydrogens is 571 g/mol. The molecule has 2 aliphatic rings. The molecule has 41 heavy (non-hydrogen) atoms. The number of piperidine rings is 1. The summed E-state index contributed by atoms with van der Waals surface area (Å²) in [5.41, 5.74) is 7.22. The topological polar surface area (TPSA) is 99.2 Å². The number of aromatic nitrogens is 2. The Balaban J connectivity index is 1.39. The first kappa shape index (κ1) is 29.8. The molecule has 0 bridgehead atoms. The number of hydrogen-bond donors (Lipinski definition) is 2. The highest BCUT2D eigenvalue weighted by atomic mass is 32.2. The number of benzene rings is 1. The van der Waals surface area contributed by atoms with Crippen LogP contribution in [-0.4, -0.2) is 31.9 Å². The SMILES string of the molecule is Cn1c(N2CCC3(CC2)Cc2ccccc2[C@H]3N[S+]([O-])C(C)(C)C)cc(N)c(Sc2cccnc2C(F)(F)F)c1=O. The first-order chi connectivity index (χ1) is 19.2. The van der Waals surface area contributed by atoms with Crippen molar-refractivity contribution < 1.29 is 17.7 Å². The fraction of sp³-hybridized carbons (Fsp3) is 0.448. The number of anilines is 2. The van der Waals surface area contributed by atoms with E-state index in [1.165, 1.54) is 27.8 Å². The summed E-state index contributed by atoms with van der Waals surface area (Å²) >= 11 is -0.563. The van der Waals surface area contributed by atoms with E-state index in [4.69, 9.17) is 5.73 Å². The van der Waals surface area contributed by atoms with E-state index in [0.717, 1.165) is 25.5 Å². The van der Waals surface area contributed by atoms with Gasteiger partial charge in [-0.3, -0.25) is 14.3 Å². The Hall–Kier alpha value is -2.67. The Kier molecular flexibility index (Phi) is 7.90. The van der Waals surface area contributed by atoms with E-state index in [9.17, 15) is 22.5 Å². The maximum Gasteiger partial charge on any atom is 0.434 e. The van der Waals surface area contributed by atoms with Crippen molar-refractivity contribution in [2.24, 2.45) is 12.5 Å². The molecule has 3 N–H and O–H groups in total. The van der Waals surface area contributed by atoms with Crippen molar-refractivity contribution in [1.29, 1.82) is 0 Å². The highest BCUT2D eigenvalue weighted by molar-refractivity contribution is 7.99. The average Bonchev–Trinajstić information content (AvgIpc) is 3.20. The molecule has 0 amide bonds. The molecule has 1 aromatic carbocycles. The average molecular weight is 606 g/mol. The number of alkyl halides is 3. The Morgan fingerprint density at radius 1 is 1.15 bits per heavy atom. The van der Waals surface area contributed by atoms with Gasteiger partial charge in [-0.2, -0.15) is 13.2 Å². The molecule has 1 spiro atoms. The molecule has 1 fully saturated rings. The van der Waals surface area contributed by atoms with Gasteiger partial charge in [-0.25, -0.2) is 0 Å². The van der Waals surface area contributed by atoms with Crippen LogP contribution in [-0.2, 0) is 31.0 Å². The van der Waals surface area contributed by atoms with Crippen molar-refractivity contribution in [2.75, 3.05) is 23.7 Å². The molecular formula is C29H34F3N5O2S2. The lowest BCUT2D eigenvalue weighted by Crippen LogP contribution is -2.50. The van der Waals surface area contributed by atoms with Gasteiger partial charge < -0.3 is 15.2 Å². The van der Waals surface area contributed by atoms with Crippen LogP contribution in [0.4, 0.5) is 24.7 Å². The second kappa shape index (κ2) is 10.9. The number of nitrogen functional groups attached to an aromatic ring is 1. The second-order valence-corrected chi connectivity index (χ2v) is 14.8. The van der Waals surface area contributed by atoms with Gasteiger partial charge in [0.25, 0.3) is 5.56 Å². The van der Waals surface area contributed by atoms with Crippen LogP contribution in [0.3, 0.4) is 0 Å². The summed E-state index contributed by atoms with van der Waals surface area (Å²) in [5.74, 6) is 0.618. The third-order valence-electron chi connectivity index (χ3n) is 8.03. The monoisotopic (exact) mass is 605 g/mol. The Morgan fingerprint density at radius 3 is 2.49 bits per heavy atom. The van der Waals surface area contributed by atoms with E-state index in [0.29, 0.717) is 30.7 Å². The van der Waals surface area contributed by atoms with Crippen molar-refractivity contribution >= 4 is 34.6 Å². The maximum atomic E-state index is 13.5. The van der Waals surface area contributed by atoms with Crippen LogP contribution in [0.15, 0.2) is 63.2 Å². The molecule has 220 valence electrons. The van der Waals surface area contributed by atoms with E-state index >= 15 is 0 Å². The Labute approximate surface area is 245 Å². The van der Waals surface area contributed by atoms with Crippen LogP contribution >= 0.6 is 11.8 Å². The van der Waals surface area contributed by atoms with Gasteiger partial charge >= 0.3 is 6.18 Å². The van der Waals surface area contributed by atoms with Crippen LogP contribution in [0.5, 0.6) is 0 Å². The van der Waals surface area contributed by atoms with Gasteiger partial charge in [0.05, 0.1) is 11.7 Å². The van der Waals surface area contributed by atoms with Gasteiger partial charge in [0.15, 0.2) is 5.69 Å². The van der Waals surface area contributed by atoms with Gasteiger partial charge in [-0.15, -0.1) is 4.72 Å². The van der Waals surface area contributed by atoms with Crippen molar-refractivity contribution in [3.05, 3.63) is 75.8 Å². The summed E-state index contributed by atoms with van der Waals surface area (Å²) in [6, 6.07) is 12.6. The van der Waals surface area contributed by atoms with Crippen LogP contribution in [0.25, 0.3) is 0 Å². The quantitative estimate of drug-likeness (QED) is 0.372. The first-order valence-corrected chi connectivity index (χ1v) is 15.4. The van der Waals surface area contributed by atoms with E-state index in [-0.39, 0.29) is 26.9 Å². The highest BCUT2D eigenvalue weighted by Gasteiger charge is 2.50. The largest absolute Gasteiger partial charge is 0.598 e. The van der Waals surface area contributed by atoms with Crippen molar-refractivity contribution in [3.63, 3.8) is 0 Å². The number of pyridine rings is 2. The standard InChI is InChI=1S/C29H34F3N5O2S2/c1-27(2,3)41(39)35-24-19-9-6-5-8-18(19)17-28(24)11-14-37(15-12-28)22-16-20(33)23(26(38)36(22)4)40-21-10-7-13-34-25(21)29(30,31)32/h5-10,13,16,24,35H,11-12,14-15,17,33H2,1-4H3/t24-,41?/m1/s1. The predicted molar refractivity (Wildman–Crippen MR) is 157 cm³/mol. The normalized spacial score (nSPS) is 19.4. The zero-order valence-electron chi connectivity index (χ0n) is 23.4. The third-order valence-corrected chi connectivity index (χ3v) is 10.8. The van der Waals surface area contributed by atoms with Gasteiger partial charge in [0.2, 0.25) is 0 Å². The van der Waals surface area contributed by atoms with Crippen LogP contribution in [0.1, 0.15) is 56.5 Å². The predicted octanol–water partition coefficient (Wildman–Crippen LogP) is 5.47. The Morgan fingerprint density at radius 2 is 1.83 bits per heavy atom. The van der Waals surface area contributed by atoms with Crippen molar-refractivity contribution in [2.45, 2.75) is 66.8 Å². The van der Waals surface area contributed by atoms with Crippen LogP contribution < -0.4 is 20.9 Å². The summed E-state index contributed by atoms with van der Waals surface area (Å²) in [4.78, 5) is 18.8. The lowest BCUT2D eigenvalue weighted by atomic mass is 9.73. The Bertz CT molecular complexity index is 1500. The molecule has 0 radical (unpaired) electrons. The molecule has 2 aromatic heterocycles. The molecule has 2 atom stereocenters. The molecule has 5 rings (SSSR count). The number of nitrogens with zero attached hydrogens (tertiary/aromatic N) is 3. The van der Waals surface area contributed by atoms with E-state index in [1.807, 2.05) is 32.9 Å². The fourth-order valence-corrected chi connectivity index (χ4v) is 7.77. The molecule has 1 aliphatic carbocycles. The third kappa shape index (κ3) is 5.71. The lowest BCUT2D eigenvalue weighted by Gasteiger charge is -2.44. The highest BCUT2D eigenvalue weighted by Crippen LogP contribution is 2.53.